The van der Waals surface area contributed by atoms with Crippen molar-refractivity contribution in [3.63, 3.8) is 0 Å². The first kappa shape index (κ1) is 17.6. The maximum Gasteiger partial charge on any atom is 0.290 e. The van der Waals surface area contributed by atoms with Gasteiger partial charge in [0.15, 0.2) is 11.5 Å². The molecule has 1 aromatic rings. The van der Waals surface area contributed by atoms with Crippen molar-refractivity contribution in [3.8, 4) is 0 Å². The molecule has 0 aromatic heterocycles. The lowest BCUT2D eigenvalue weighted by atomic mass is 9.95. The van der Waals surface area contributed by atoms with Crippen LogP contribution in [-0.4, -0.2) is 58.7 Å². The molecule has 1 aliphatic heterocycles. The van der Waals surface area contributed by atoms with E-state index in [1.165, 1.54) is 30.0 Å². The van der Waals surface area contributed by atoms with Gasteiger partial charge in [-0.1, -0.05) is 12.1 Å². The molecule has 0 saturated carbocycles. The van der Waals surface area contributed by atoms with E-state index < -0.39 is 28.4 Å². The van der Waals surface area contributed by atoms with Crippen LogP contribution in [0.2, 0.25) is 0 Å². The molecule has 0 radical (unpaired) electrons. The number of carbonyl (C=O) groups excluding carboxylic acids is 2. The highest BCUT2D eigenvalue weighted by Gasteiger charge is 2.44. The van der Waals surface area contributed by atoms with E-state index >= 15 is 0 Å². The van der Waals surface area contributed by atoms with Crippen molar-refractivity contribution < 1.29 is 19.6 Å². The van der Waals surface area contributed by atoms with Crippen molar-refractivity contribution in [3.05, 3.63) is 51.3 Å². The fraction of sp³-hybridized carbons (Fsp3) is 0.375. The maximum atomic E-state index is 12.4. The molecule has 24 heavy (non-hydrogen) atoms. The molecular weight excluding hydrogens is 314 g/mol. The minimum Gasteiger partial charge on any atom is -0.503 e. The van der Waals surface area contributed by atoms with Gasteiger partial charge >= 0.3 is 0 Å². The number of para-hydroxylation sites is 1. The van der Waals surface area contributed by atoms with Gasteiger partial charge in [-0.3, -0.25) is 19.7 Å². The summed E-state index contributed by atoms with van der Waals surface area (Å²) in [5.41, 5.74) is -0.0875. The topological polar surface area (TPSA) is 104 Å². The maximum absolute atomic E-state index is 12.4. The zero-order chi connectivity index (χ0) is 18.0. The second kappa shape index (κ2) is 6.79. The van der Waals surface area contributed by atoms with E-state index in [9.17, 15) is 24.8 Å². The van der Waals surface area contributed by atoms with Crippen LogP contribution >= 0.6 is 0 Å². The normalized spacial score (nSPS) is 17.8. The molecule has 0 aliphatic carbocycles. The average molecular weight is 333 g/mol. The van der Waals surface area contributed by atoms with Crippen molar-refractivity contribution >= 4 is 17.4 Å². The summed E-state index contributed by atoms with van der Waals surface area (Å²) in [6.07, 6.45) is 0. The van der Waals surface area contributed by atoms with Crippen molar-refractivity contribution in [1.82, 2.24) is 9.80 Å². The fourth-order valence-electron chi connectivity index (χ4n) is 2.76. The smallest absolute Gasteiger partial charge is 0.290 e. The summed E-state index contributed by atoms with van der Waals surface area (Å²) in [4.78, 5) is 38.3. The second-order valence-corrected chi connectivity index (χ2v) is 5.84. The van der Waals surface area contributed by atoms with Crippen LogP contribution in [0.5, 0.6) is 0 Å². The van der Waals surface area contributed by atoms with Crippen LogP contribution in [0.1, 0.15) is 18.5 Å². The van der Waals surface area contributed by atoms with E-state index in [2.05, 4.69) is 0 Å². The largest absolute Gasteiger partial charge is 0.503 e. The molecule has 0 spiro atoms. The summed E-state index contributed by atoms with van der Waals surface area (Å²) in [5.74, 6) is -1.81. The van der Waals surface area contributed by atoms with Gasteiger partial charge in [-0.2, -0.15) is 0 Å². The molecule has 2 rings (SSSR count). The number of carbonyl (C=O) groups is 2. The number of hydrogen-bond acceptors (Lipinski definition) is 6. The Labute approximate surface area is 139 Å². The summed E-state index contributed by atoms with van der Waals surface area (Å²) in [6.45, 7) is 1.95. The molecule has 0 saturated heterocycles. The number of amides is 1. The van der Waals surface area contributed by atoms with E-state index in [0.717, 1.165) is 0 Å². The number of rotatable bonds is 6. The Balaban J connectivity index is 2.57. The Morgan fingerprint density at radius 1 is 1.38 bits per heavy atom. The van der Waals surface area contributed by atoms with Gasteiger partial charge in [-0.05, 0) is 27.1 Å². The van der Waals surface area contributed by atoms with Gasteiger partial charge in [0.05, 0.1) is 22.1 Å². The third-order valence-electron chi connectivity index (χ3n) is 3.90. The molecule has 8 nitrogen and oxygen atoms in total. The van der Waals surface area contributed by atoms with Crippen LogP contribution in [-0.2, 0) is 9.59 Å². The highest BCUT2D eigenvalue weighted by Crippen LogP contribution is 2.40. The minimum atomic E-state index is -0.962. The van der Waals surface area contributed by atoms with Crippen LogP contribution in [0, 0.1) is 10.1 Å². The summed E-state index contributed by atoms with van der Waals surface area (Å²) >= 11 is 0. The van der Waals surface area contributed by atoms with Crippen molar-refractivity contribution in [2.75, 3.05) is 27.2 Å². The van der Waals surface area contributed by atoms with Crippen LogP contribution in [0.15, 0.2) is 35.6 Å². The Morgan fingerprint density at radius 3 is 2.54 bits per heavy atom. The van der Waals surface area contributed by atoms with E-state index in [1.807, 2.05) is 19.0 Å². The molecule has 0 unspecified atom stereocenters. The zero-order valence-electron chi connectivity index (χ0n) is 13.7. The molecule has 0 bridgehead atoms. The van der Waals surface area contributed by atoms with Crippen molar-refractivity contribution in [2.24, 2.45) is 0 Å². The number of hydrogen-bond donors (Lipinski definition) is 1. The Morgan fingerprint density at radius 2 is 2.00 bits per heavy atom. The van der Waals surface area contributed by atoms with Gasteiger partial charge in [0.2, 0.25) is 0 Å². The number of Topliss-reactive ketones (excluding diaryl/α,β-unsaturated/α-hetero) is 1. The number of aliphatic hydroxyl groups excluding tert-OH is 1. The summed E-state index contributed by atoms with van der Waals surface area (Å²) < 4.78 is 0. The quantitative estimate of drug-likeness (QED) is 0.624. The number of ketones is 1. The first-order valence-electron chi connectivity index (χ1n) is 7.38. The molecule has 1 heterocycles. The van der Waals surface area contributed by atoms with Gasteiger partial charge in [-0.15, -0.1) is 0 Å². The molecule has 8 heteroatoms. The summed E-state index contributed by atoms with van der Waals surface area (Å²) in [7, 11) is 3.64. The molecule has 1 N–H and O–H groups in total. The van der Waals surface area contributed by atoms with Crippen LogP contribution < -0.4 is 0 Å². The monoisotopic (exact) mass is 333 g/mol. The van der Waals surface area contributed by atoms with Crippen molar-refractivity contribution in [2.45, 2.75) is 13.0 Å². The van der Waals surface area contributed by atoms with Gasteiger partial charge in [0.1, 0.15) is 0 Å². The van der Waals surface area contributed by atoms with Gasteiger partial charge < -0.3 is 14.9 Å². The molecule has 1 aliphatic rings. The number of benzene rings is 1. The predicted octanol–water partition coefficient (Wildman–Crippen LogP) is 1.44. The van der Waals surface area contributed by atoms with Crippen molar-refractivity contribution in [1.29, 1.82) is 0 Å². The fourth-order valence-corrected chi connectivity index (χ4v) is 2.76. The Kier molecular flexibility index (Phi) is 4.99. The predicted molar refractivity (Wildman–Crippen MR) is 86.4 cm³/mol. The zero-order valence-corrected chi connectivity index (χ0v) is 13.7. The first-order chi connectivity index (χ1) is 11.3. The first-order valence-corrected chi connectivity index (χ1v) is 7.38. The number of nitro benzene ring substituents is 1. The Hall–Kier alpha value is -2.74. The summed E-state index contributed by atoms with van der Waals surface area (Å²) in [5, 5.41) is 21.4. The number of likely N-dealkylation sites (N-methyl/N-ethyl adjacent to an activating group) is 1. The average Bonchev–Trinajstić information content (AvgIpc) is 2.77. The van der Waals surface area contributed by atoms with Crippen LogP contribution in [0.25, 0.3) is 0 Å². The molecule has 1 amide bonds. The molecule has 1 aromatic carbocycles. The minimum absolute atomic E-state index is 0.104. The lowest BCUT2D eigenvalue weighted by Gasteiger charge is -2.27. The van der Waals surface area contributed by atoms with Gasteiger partial charge in [0.25, 0.3) is 11.6 Å². The molecular formula is C16H19N3O5. The third kappa shape index (κ3) is 3.13. The third-order valence-corrected chi connectivity index (χ3v) is 3.90. The molecule has 1 atom stereocenters. The number of nitrogens with zero attached hydrogens (tertiary/aromatic N) is 3. The SMILES string of the molecule is CC(=O)C1=C(O)C(=O)N(CCN(C)C)[C@@H]1c1ccccc1[N+](=O)[O-]. The van der Waals surface area contributed by atoms with Crippen LogP contribution in [0.4, 0.5) is 5.69 Å². The molecule has 128 valence electrons. The van der Waals surface area contributed by atoms with E-state index in [0.29, 0.717) is 6.54 Å². The van der Waals surface area contributed by atoms with Gasteiger partial charge in [0, 0.05) is 19.2 Å². The van der Waals surface area contributed by atoms with Crippen LogP contribution in [0.3, 0.4) is 0 Å². The number of nitro groups is 1. The summed E-state index contributed by atoms with van der Waals surface area (Å²) in [6, 6.07) is 4.97. The molecule has 0 fully saturated rings. The van der Waals surface area contributed by atoms with Gasteiger partial charge in [-0.25, -0.2) is 0 Å². The standard InChI is InChI=1S/C16H19N3O5/c1-10(20)13-14(11-6-4-5-7-12(11)19(23)24)18(9-8-17(2)3)16(22)15(13)21/h4-7,14,21H,8-9H2,1-3H3/t14-/m1/s1. The van der Waals surface area contributed by atoms with E-state index in [4.69, 9.17) is 0 Å². The lowest BCUT2D eigenvalue weighted by Crippen LogP contribution is -2.36. The van der Waals surface area contributed by atoms with E-state index in [-0.39, 0.29) is 23.4 Å². The highest BCUT2D eigenvalue weighted by atomic mass is 16.6. The highest BCUT2D eigenvalue weighted by molar-refractivity contribution is 6.08. The lowest BCUT2D eigenvalue weighted by molar-refractivity contribution is -0.385. The second-order valence-electron chi connectivity index (χ2n) is 5.84. The Bertz CT molecular complexity index is 726. The number of aliphatic hydroxyl groups is 1. The van der Waals surface area contributed by atoms with E-state index in [1.54, 1.807) is 6.07 Å².